The molecule has 1 aliphatic heterocycles. The standard InChI is InChI=1S/C20H27N5O2S.HI/c1-14-15(2)28-18(24-14)9-11-23-20(21-3)22-10-6-12-25-16-7-4-5-8-17(16)27-13-19(25)26;/h4-5,7-8H,6,9-13H2,1-3H3,(H2,21,22,23);1H. The topological polar surface area (TPSA) is 78.9 Å². The van der Waals surface area contributed by atoms with Gasteiger partial charge in [-0.05, 0) is 32.4 Å². The van der Waals surface area contributed by atoms with Crippen LogP contribution in [0.4, 0.5) is 5.69 Å². The van der Waals surface area contributed by atoms with Gasteiger partial charge in [-0.25, -0.2) is 4.98 Å². The number of anilines is 1. The average molecular weight is 529 g/mol. The number of carbonyl (C=O) groups excluding carboxylic acids is 1. The maximum atomic E-state index is 12.2. The van der Waals surface area contributed by atoms with Crippen molar-refractivity contribution in [1.29, 1.82) is 0 Å². The van der Waals surface area contributed by atoms with Crippen LogP contribution in [0.15, 0.2) is 29.3 Å². The fourth-order valence-electron chi connectivity index (χ4n) is 3.00. The summed E-state index contributed by atoms with van der Waals surface area (Å²) in [4.78, 5) is 24.1. The number of ether oxygens (including phenoxy) is 1. The van der Waals surface area contributed by atoms with Gasteiger partial charge >= 0.3 is 0 Å². The molecule has 1 aromatic heterocycles. The number of benzene rings is 1. The highest BCUT2D eigenvalue weighted by Crippen LogP contribution is 2.31. The summed E-state index contributed by atoms with van der Waals surface area (Å²) in [5, 5.41) is 7.76. The summed E-state index contributed by atoms with van der Waals surface area (Å²) in [6, 6.07) is 7.65. The number of guanidine groups is 1. The van der Waals surface area contributed by atoms with Crippen LogP contribution in [0.1, 0.15) is 22.0 Å². The minimum Gasteiger partial charge on any atom is -0.482 e. The number of aliphatic imine (C=N–C) groups is 1. The van der Waals surface area contributed by atoms with Crippen LogP contribution in [0.5, 0.6) is 5.75 Å². The Morgan fingerprint density at radius 3 is 2.76 bits per heavy atom. The van der Waals surface area contributed by atoms with Crippen molar-refractivity contribution < 1.29 is 9.53 Å². The average Bonchev–Trinajstić information content (AvgIpc) is 3.02. The van der Waals surface area contributed by atoms with Gasteiger partial charge in [-0.3, -0.25) is 9.79 Å². The van der Waals surface area contributed by atoms with Crippen molar-refractivity contribution in [3.63, 3.8) is 0 Å². The second kappa shape index (κ2) is 11.3. The van der Waals surface area contributed by atoms with E-state index in [1.807, 2.05) is 31.2 Å². The largest absolute Gasteiger partial charge is 0.482 e. The van der Waals surface area contributed by atoms with Gasteiger partial charge in [0.15, 0.2) is 12.6 Å². The minimum atomic E-state index is -0.00441. The summed E-state index contributed by atoms with van der Waals surface area (Å²) in [5.74, 6) is 1.52. The van der Waals surface area contributed by atoms with Gasteiger partial charge in [0.1, 0.15) is 5.75 Å². The Morgan fingerprint density at radius 2 is 2.03 bits per heavy atom. The van der Waals surface area contributed by atoms with Crippen LogP contribution in [0.25, 0.3) is 0 Å². The number of hydrogen-bond acceptors (Lipinski definition) is 5. The lowest BCUT2D eigenvalue weighted by Crippen LogP contribution is -2.42. The Labute approximate surface area is 193 Å². The maximum absolute atomic E-state index is 12.2. The molecule has 3 rings (SSSR count). The van der Waals surface area contributed by atoms with Crippen molar-refractivity contribution in [2.45, 2.75) is 26.7 Å². The van der Waals surface area contributed by atoms with Crippen LogP contribution in [-0.4, -0.2) is 50.1 Å². The van der Waals surface area contributed by atoms with Crippen LogP contribution >= 0.6 is 35.3 Å². The molecule has 0 aliphatic carbocycles. The summed E-state index contributed by atoms with van der Waals surface area (Å²) in [5.41, 5.74) is 1.96. The third kappa shape index (κ3) is 6.30. The molecule has 9 heteroatoms. The van der Waals surface area contributed by atoms with Gasteiger partial charge in [-0.2, -0.15) is 0 Å². The smallest absolute Gasteiger partial charge is 0.265 e. The molecule has 2 heterocycles. The van der Waals surface area contributed by atoms with E-state index in [0.717, 1.165) is 54.0 Å². The Morgan fingerprint density at radius 1 is 1.28 bits per heavy atom. The first-order chi connectivity index (χ1) is 13.6. The van der Waals surface area contributed by atoms with E-state index in [-0.39, 0.29) is 36.5 Å². The Balaban J connectivity index is 0.00000300. The highest BCUT2D eigenvalue weighted by Gasteiger charge is 2.24. The Hall–Kier alpha value is -1.88. The third-order valence-corrected chi connectivity index (χ3v) is 5.72. The van der Waals surface area contributed by atoms with Gasteiger partial charge in [-0.1, -0.05) is 12.1 Å². The van der Waals surface area contributed by atoms with Crippen molar-refractivity contribution >= 4 is 52.9 Å². The fourth-order valence-corrected chi connectivity index (χ4v) is 3.93. The number of fused-ring (bicyclic) bond motifs is 1. The summed E-state index contributed by atoms with van der Waals surface area (Å²) < 4.78 is 5.48. The zero-order valence-corrected chi connectivity index (χ0v) is 20.2. The molecule has 0 saturated heterocycles. The molecule has 0 fully saturated rings. The Kier molecular flexibility index (Phi) is 9.15. The second-order valence-corrected chi connectivity index (χ2v) is 7.87. The summed E-state index contributed by atoms with van der Waals surface area (Å²) in [6.07, 6.45) is 1.69. The van der Waals surface area contributed by atoms with Gasteiger partial charge in [0.05, 0.1) is 16.4 Å². The molecule has 0 bridgehead atoms. The van der Waals surface area contributed by atoms with Crippen LogP contribution in [0.3, 0.4) is 0 Å². The molecule has 0 spiro atoms. The quantitative estimate of drug-likeness (QED) is 0.250. The first-order valence-corrected chi connectivity index (χ1v) is 10.3. The van der Waals surface area contributed by atoms with Crippen LogP contribution in [0, 0.1) is 13.8 Å². The molecule has 0 unspecified atom stereocenters. The molecule has 1 aromatic carbocycles. The van der Waals surface area contributed by atoms with Gasteiger partial charge in [-0.15, -0.1) is 35.3 Å². The predicted octanol–water partition coefficient (Wildman–Crippen LogP) is 2.90. The summed E-state index contributed by atoms with van der Waals surface area (Å²) >= 11 is 1.75. The molecule has 158 valence electrons. The van der Waals surface area contributed by atoms with Crippen LogP contribution in [0.2, 0.25) is 0 Å². The number of hydrogen-bond donors (Lipinski definition) is 2. The minimum absolute atomic E-state index is 0. The van der Waals surface area contributed by atoms with Gasteiger partial charge in [0, 0.05) is 38.0 Å². The highest BCUT2D eigenvalue weighted by atomic mass is 127. The van der Waals surface area contributed by atoms with Crippen LogP contribution in [-0.2, 0) is 11.2 Å². The number of rotatable bonds is 7. The number of aromatic nitrogens is 1. The summed E-state index contributed by atoms with van der Waals surface area (Å²) in [6.45, 7) is 6.39. The molecule has 0 saturated carbocycles. The number of nitrogens with zero attached hydrogens (tertiary/aromatic N) is 3. The first kappa shape index (κ1) is 23.4. The molecule has 2 N–H and O–H groups in total. The number of thiazole rings is 1. The lowest BCUT2D eigenvalue weighted by molar-refractivity contribution is -0.121. The lowest BCUT2D eigenvalue weighted by atomic mass is 10.2. The van der Waals surface area contributed by atoms with Crippen molar-refractivity contribution in [1.82, 2.24) is 15.6 Å². The van der Waals surface area contributed by atoms with E-state index in [2.05, 4.69) is 27.5 Å². The number of amides is 1. The third-order valence-electron chi connectivity index (χ3n) is 4.59. The number of para-hydroxylation sites is 2. The van der Waals surface area contributed by atoms with E-state index in [9.17, 15) is 4.79 Å². The number of nitrogens with one attached hydrogen (secondary N) is 2. The molecule has 1 aliphatic rings. The molecule has 29 heavy (non-hydrogen) atoms. The van der Waals surface area contributed by atoms with E-state index in [0.29, 0.717) is 6.54 Å². The Bertz CT molecular complexity index is 836. The maximum Gasteiger partial charge on any atom is 0.265 e. The molecule has 7 nitrogen and oxygen atoms in total. The molecule has 0 atom stereocenters. The van der Waals surface area contributed by atoms with Gasteiger partial charge in [0.2, 0.25) is 0 Å². The number of carbonyl (C=O) groups is 1. The van der Waals surface area contributed by atoms with Gasteiger partial charge < -0.3 is 20.3 Å². The SMILES string of the molecule is CN=C(NCCCN1C(=O)COc2ccccc21)NCCc1nc(C)c(C)s1.I. The molecule has 0 radical (unpaired) electrons. The highest BCUT2D eigenvalue weighted by molar-refractivity contribution is 14.0. The van der Waals surface area contributed by atoms with E-state index >= 15 is 0 Å². The fraction of sp³-hybridized carbons (Fsp3) is 0.450. The molecular weight excluding hydrogens is 501 g/mol. The van der Waals surface area contributed by atoms with Crippen molar-refractivity contribution in [2.24, 2.45) is 4.99 Å². The first-order valence-electron chi connectivity index (χ1n) is 9.48. The van der Waals surface area contributed by atoms with E-state index in [4.69, 9.17) is 4.74 Å². The van der Waals surface area contributed by atoms with Crippen molar-refractivity contribution in [3.05, 3.63) is 39.8 Å². The predicted molar refractivity (Wildman–Crippen MR) is 129 cm³/mol. The van der Waals surface area contributed by atoms with E-state index in [1.165, 1.54) is 4.88 Å². The monoisotopic (exact) mass is 529 g/mol. The van der Waals surface area contributed by atoms with Crippen LogP contribution < -0.4 is 20.3 Å². The second-order valence-electron chi connectivity index (χ2n) is 6.58. The number of aryl methyl sites for hydroxylation is 2. The van der Waals surface area contributed by atoms with Crippen molar-refractivity contribution in [2.75, 3.05) is 38.2 Å². The normalized spacial score (nSPS) is 13.4. The lowest BCUT2D eigenvalue weighted by Gasteiger charge is -2.29. The molecular formula is C20H28IN5O2S. The summed E-state index contributed by atoms with van der Waals surface area (Å²) in [7, 11) is 1.76. The number of halogens is 1. The zero-order valence-electron chi connectivity index (χ0n) is 17.0. The van der Waals surface area contributed by atoms with E-state index in [1.54, 1.807) is 23.3 Å². The molecule has 1 amide bonds. The van der Waals surface area contributed by atoms with Crippen molar-refractivity contribution in [3.8, 4) is 5.75 Å². The molecule has 2 aromatic rings. The zero-order chi connectivity index (χ0) is 19.9. The van der Waals surface area contributed by atoms with E-state index < -0.39 is 0 Å². The van der Waals surface area contributed by atoms with Gasteiger partial charge in [0.25, 0.3) is 5.91 Å².